The monoisotopic (exact) mass is 507 g/mol. The quantitative estimate of drug-likeness (QED) is 0.362. The number of benzene rings is 3. The van der Waals surface area contributed by atoms with E-state index >= 15 is 0 Å². The van der Waals surface area contributed by atoms with Crippen molar-refractivity contribution in [1.29, 1.82) is 0 Å². The van der Waals surface area contributed by atoms with Crippen LogP contribution in [0, 0.1) is 6.92 Å². The lowest BCUT2D eigenvalue weighted by atomic mass is 10.1. The summed E-state index contributed by atoms with van der Waals surface area (Å²) in [5.41, 5.74) is 7.85. The number of aryl methyl sites for hydroxylation is 1. The number of nitrogens with zero attached hydrogens (tertiary/aromatic N) is 1. The maximum absolute atomic E-state index is 13.6. The van der Waals surface area contributed by atoms with Crippen molar-refractivity contribution < 1.29 is 27.4 Å². The van der Waals surface area contributed by atoms with Crippen LogP contribution in [-0.2, 0) is 9.84 Å². The number of ether oxygens (including phenoxy) is 3. The number of sulfone groups is 1. The van der Waals surface area contributed by atoms with Gasteiger partial charge in [-0.15, -0.1) is 0 Å². The third kappa shape index (κ3) is 4.50. The smallest absolute Gasteiger partial charge is 0.252 e. The van der Waals surface area contributed by atoms with Gasteiger partial charge < -0.3 is 25.3 Å². The molecule has 0 aliphatic carbocycles. The van der Waals surface area contributed by atoms with Gasteiger partial charge in [-0.25, -0.2) is 8.42 Å². The predicted octanol–water partition coefficient (Wildman–Crippen LogP) is 4.24. The summed E-state index contributed by atoms with van der Waals surface area (Å²) < 4.78 is 43.0. The van der Waals surface area contributed by atoms with Crippen molar-refractivity contribution in [2.45, 2.75) is 16.7 Å². The van der Waals surface area contributed by atoms with Gasteiger partial charge in [0.2, 0.25) is 9.84 Å². The number of hydrogen-bond acceptors (Lipinski definition) is 8. The molecule has 10 heteroatoms. The van der Waals surface area contributed by atoms with Crippen molar-refractivity contribution in [1.82, 2.24) is 4.98 Å². The number of aromatic nitrogens is 1. The molecular formula is C26H25N3O6S. The number of anilines is 2. The van der Waals surface area contributed by atoms with E-state index in [1.807, 2.05) is 0 Å². The van der Waals surface area contributed by atoms with Gasteiger partial charge in [0.15, 0.2) is 11.5 Å². The minimum Gasteiger partial charge on any atom is -0.497 e. The first-order valence-electron chi connectivity index (χ1n) is 10.8. The summed E-state index contributed by atoms with van der Waals surface area (Å²) >= 11 is 0. The molecule has 0 saturated carbocycles. The van der Waals surface area contributed by atoms with Crippen LogP contribution < -0.4 is 25.3 Å². The van der Waals surface area contributed by atoms with Crippen molar-refractivity contribution in [3.63, 3.8) is 0 Å². The van der Waals surface area contributed by atoms with Gasteiger partial charge in [-0.2, -0.15) is 0 Å². The zero-order valence-corrected chi connectivity index (χ0v) is 21.0. The number of nitrogens with one attached hydrogen (secondary N) is 1. The Morgan fingerprint density at radius 3 is 2.33 bits per heavy atom. The summed E-state index contributed by atoms with van der Waals surface area (Å²) in [6, 6.07) is 14.5. The Labute approximate surface area is 208 Å². The number of pyridine rings is 1. The minimum atomic E-state index is -3.97. The molecule has 0 bridgehead atoms. The zero-order valence-electron chi connectivity index (χ0n) is 20.2. The Kier molecular flexibility index (Phi) is 6.71. The second-order valence-electron chi connectivity index (χ2n) is 7.92. The first-order valence-corrected chi connectivity index (χ1v) is 12.3. The highest BCUT2D eigenvalue weighted by Gasteiger charge is 2.23. The number of primary amides is 1. The summed E-state index contributed by atoms with van der Waals surface area (Å²) in [7, 11) is 0.479. The van der Waals surface area contributed by atoms with E-state index in [2.05, 4.69) is 10.3 Å². The molecular weight excluding hydrogens is 482 g/mol. The van der Waals surface area contributed by atoms with Crippen molar-refractivity contribution in [2.75, 3.05) is 26.6 Å². The van der Waals surface area contributed by atoms with Crippen LogP contribution in [0.1, 0.15) is 15.9 Å². The van der Waals surface area contributed by atoms with E-state index in [-0.39, 0.29) is 21.1 Å². The maximum atomic E-state index is 13.6. The van der Waals surface area contributed by atoms with E-state index in [9.17, 15) is 13.2 Å². The molecule has 4 rings (SSSR count). The van der Waals surface area contributed by atoms with Gasteiger partial charge >= 0.3 is 0 Å². The molecule has 0 radical (unpaired) electrons. The molecule has 0 aliphatic rings. The molecule has 0 spiro atoms. The molecule has 3 aromatic carbocycles. The molecule has 4 aromatic rings. The highest BCUT2D eigenvalue weighted by atomic mass is 32.2. The number of methoxy groups -OCH3 is 3. The van der Waals surface area contributed by atoms with Crippen LogP contribution in [0.3, 0.4) is 0 Å². The standard InChI is InChI=1S/C26H25N3O6S/c1-15-10-19(36(31,32)18-8-9-22(34-3)23(13-18)35-4)12-20-24(15)28-14-21(26(27)30)25(20)29-16-6-5-7-17(11-16)33-2/h5-14H,1-4H3,(H2,27,30)(H,28,29). The Bertz CT molecular complexity index is 1580. The number of hydrogen-bond donors (Lipinski definition) is 2. The average Bonchev–Trinajstić information content (AvgIpc) is 2.88. The summed E-state index contributed by atoms with van der Waals surface area (Å²) in [5, 5.41) is 3.62. The molecule has 1 amide bonds. The summed E-state index contributed by atoms with van der Waals surface area (Å²) in [6.07, 6.45) is 1.38. The second kappa shape index (κ2) is 9.74. The molecule has 3 N–H and O–H groups in total. The lowest BCUT2D eigenvalue weighted by molar-refractivity contribution is 0.100. The van der Waals surface area contributed by atoms with E-state index in [0.29, 0.717) is 39.3 Å². The van der Waals surface area contributed by atoms with Gasteiger partial charge in [-0.3, -0.25) is 9.78 Å². The summed E-state index contributed by atoms with van der Waals surface area (Å²) in [5.74, 6) is 0.591. The molecule has 9 nitrogen and oxygen atoms in total. The van der Waals surface area contributed by atoms with Crippen molar-refractivity contribution >= 4 is 38.0 Å². The zero-order chi connectivity index (χ0) is 26.0. The fourth-order valence-corrected chi connectivity index (χ4v) is 5.28. The Hall–Kier alpha value is -4.31. The maximum Gasteiger partial charge on any atom is 0.252 e. The van der Waals surface area contributed by atoms with E-state index in [4.69, 9.17) is 19.9 Å². The molecule has 0 saturated heterocycles. The minimum absolute atomic E-state index is 0.0248. The van der Waals surface area contributed by atoms with Gasteiger partial charge in [-0.05, 0) is 48.9 Å². The van der Waals surface area contributed by atoms with Crippen molar-refractivity contribution in [2.24, 2.45) is 5.73 Å². The Balaban J connectivity index is 1.94. The third-order valence-corrected chi connectivity index (χ3v) is 7.45. The van der Waals surface area contributed by atoms with Crippen LogP contribution in [0.4, 0.5) is 11.4 Å². The molecule has 0 atom stereocenters. The number of fused-ring (bicyclic) bond motifs is 1. The van der Waals surface area contributed by atoms with Gasteiger partial charge in [0, 0.05) is 29.4 Å². The van der Waals surface area contributed by atoms with Crippen LogP contribution >= 0.6 is 0 Å². The van der Waals surface area contributed by atoms with Gasteiger partial charge in [0.25, 0.3) is 5.91 Å². The molecule has 0 unspecified atom stereocenters. The van der Waals surface area contributed by atoms with E-state index in [1.165, 1.54) is 44.7 Å². The predicted molar refractivity (Wildman–Crippen MR) is 136 cm³/mol. The van der Waals surface area contributed by atoms with Crippen LogP contribution in [-0.4, -0.2) is 40.6 Å². The number of carbonyl (C=O) groups excluding carboxylic acids is 1. The van der Waals surface area contributed by atoms with Gasteiger partial charge in [-0.1, -0.05) is 6.07 Å². The number of carbonyl (C=O) groups is 1. The van der Waals surface area contributed by atoms with E-state index < -0.39 is 15.7 Å². The van der Waals surface area contributed by atoms with Gasteiger partial charge in [0.1, 0.15) is 5.75 Å². The van der Waals surface area contributed by atoms with Crippen LogP contribution in [0.2, 0.25) is 0 Å². The lowest BCUT2D eigenvalue weighted by Crippen LogP contribution is -2.14. The fraction of sp³-hybridized carbons (Fsp3) is 0.154. The molecule has 1 heterocycles. The SMILES string of the molecule is COc1cccc(Nc2c(C(N)=O)cnc3c(C)cc(S(=O)(=O)c4ccc(OC)c(OC)c4)cc23)c1. The number of amides is 1. The molecule has 186 valence electrons. The summed E-state index contributed by atoms with van der Waals surface area (Å²) in [6.45, 7) is 1.75. The third-order valence-electron chi connectivity index (χ3n) is 5.72. The Morgan fingerprint density at radius 1 is 0.917 bits per heavy atom. The summed E-state index contributed by atoms with van der Waals surface area (Å²) in [4.78, 5) is 16.7. The highest BCUT2D eigenvalue weighted by Crippen LogP contribution is 2.36. The van der Waals surface area contributed by atoms with Crippen LogP contribution in [0.15, 0.2) is 70.6 Å². The highest BCUT2D eigenvalue weighted by molar-refractivity contribution is 7.91. The first kappa shape index (κ1) is 24.8. The average molecular weight is 508 g/mol. The van der Waals surface area contributed by atoms with Gasteiger partial charge in [0.05, 0.1) is 47.9 Å². The topological polar surface area (TPSA) is 130 Å². The second-order valence-corrected chi connectivity index (χ2v) is 9.87. The van der Waals surface area contributed by atoms with Crippen molar-refractivity contribution in [3.8, 4) is 17.2 Å². The van der Waals surface area contributed by atoms with E-state index in [0.717, 1.165) is 0 Å². The van der Waals surface area contributed by atoms with Crippen molar-refractivity contribution in [3.05, 3.63) is 71.9 Å². The van der Waals surface area contributed by atoms with Crippen LogP contribution in [0.5, 0.6) is 17.2 Å². The lowest BCUT2D eigenvalue weighted by Gasteiger charge is -2.16. The fourth-order valence-electron chi connectivity index (χ4n) is 3.89. The molecule has 0 fully saturated rings. The number of rotatable bonds is 8. The van der Waals surface area contributed by atoms with Crippen LogP contribution in [0.25, 0.3) is 10.9 Å². The first-order chi connectivity index (χ1) is 17.2. The normalized spacial score (nSPS) is 11.2. The van der Waals surface area contributed by atoms with E-state index in [1.54, 1.807) is 44.4 Å². The number of nitrogens with two attached hydrogens (primary N) is 1. The molecule has 36 heavy (non-hydrogen) atoms. The Morgan fingerprint density at radius 2 is 1.67 bits per heavy atom. The molecule has 0 aliphatic heterocycles. The molecule has 1 aromatic heterocycles. The largest absolute Gasteiger partial charge is 0.497 e.